The molecule has 10 nitrogen and oxygen atoms in total. The lowest BCUT2D eigenvalue weighted by Crippen LogP contribution is -2.61. The zero-order chi connectivity index (χ0) is 21.7. The first-order chi connectivity index (χ1) is 14.2. The summed E-state index contributed by atoms with van der Waals surface area (Å²) in [6.07, 6.45) is 5.85. The summed E-state index contributed by atoms with van der Waals surface area (Å²) in [5.74, 6) is -1.03. The minimum absolute atomic E-state index is 0.0605. The van der Waals surface area contributed by atoms with Crippen LogP contribution < -0.4 is 10.0 Å². The number of anilines is 1. The largest absolute Gasteiger partial charge is 0.368 e. The van der Waals surface area contributed by atoms with E-state index < -0.39 is 27.6 Å². The Morgan fingerprint density at radius 3 is 2.50 bits per heavy atom. The predicted octanol–water partition coefficient (Wildman–Crippen LogP) is 0.0495. The molecule has 2 aromatic rings. The number of piperidine rings is 1. The zero-order valence-electron chi connectivity index (χ0n) is 16.7. The highest BCUT2D eigenvalue weighted by molar-refractivity contribution is 7.92. The Hall–Kier alpha value is -2.76. The molecule has 2 fully saturated rings. The van der Waals surface area contributed by atoms with Crippen LogP contribution in [0.3, 0.4) is 0 Å². The number of carbonyl (C=O) groups excluding carboxylic acids is 2. The number of nitrogens with two attached hydrogens (primary N) is 1. The van der Waals surface area contributed by atoms with Crippen molar-refractivity contribution in [1.82, 2.24) is 18.8 Å². The summed E-state index contributed by atoms with van der Waals surface area (Å²) in [7, 11) is -0.351. The third-order valence-electron chi connectivity index (χ3n) is 5.33. The Labute approximate surface area is 175 Å². The van der Waals surface area contributed by atoms with Crippen molar-refractivity contribution in [1.29, 1.82) is 0 Å². The van der Waals surface area contributed by atoms with E-state index in [-0.39, 0.29) is 12.2 Å². The highest BCUT2D eigenvalue weighted by atomic mass is 32.2. The molecule has 1 aromatic carbocycles. The summed E-state index contributed by atoms with van der Waals surface area (Å²) in [6, 6.07) is 6.49. The normalized spacial score (nSPS) is 23.7. The van der Waals surface area contributed by atoms with Crippen LogP contribution in [0.2, 0.25) is 0 Å². The van der Waals surface area contributed by atoms with Gasteiger partial charge in [-0.05, 0) is 51.2 Å². The van der Waals surface area contributed by atoms with Crippen molar-refractivity contribution in [2.75, 3.05) is 24.9 Å². The Bertz CT molecular complexity index is 1090. The van der Waals surface area contributed by atoms with Crippen molar-refractivity contribution in [3.05, 3.63) is 48.9 Å². The lowest BCUT2D eigenvalue weighted by molar-refractivity contribution is -0.136. The maximum atomic E-state index is 13.2. The van der Waals surface area contributed by atoms with Gasteiger partial charge in [0.2, 0.25) is 5.91 Å². The molecular formula is C19H23N6O4S. The van der Waals surface area contributed by atoms with Crippen LogP contribution in [-0.4, -0.2) is 65.2 Å². The molecule has 2 saturated heterocycles. The van der Waals surface area contributed by atoms with Crippen molar-refractivity contribution in [3.8, 4) is 5.69 Å². The first kappa shape index (κ1) is 20.5. The smallest absolute Gasteiger partial charge is 0.312 e. The molecule has 2 aliphatic rings. The molecule has 159 valence electrons. The minimum atomic E-state index is -4.23. The second kappa shape index (κ2) is 7.18. The lowest BCUT2D eigenvalue weighted by Gasteiger charge is -2.33. The second-order valence-corrected chi connectivity index (χ2v) is 9.30. The Morgan fingerprint density at radius 2 is 1.90 bits per heavy atom. The Balaban J connectivity index is 1.72. The van der Waals surface area contributed by atoms with Gasteiger partial charge in [-0.2, -0.15) is 17.0 Å². The summed E-state index contributed by atoms with van der Waals surface area (Å²) in [5, 5.41) is 0. The quantitative estimate of drug-likeness (QED) is 0.668. The number of aromatic nitrogens is 2. The summed E-state index contributed by atoms with van der Waals surface area (Å²) >= 11 is 0. The molecule has 1 radical (unpaired) electrons. The van der Waals surface area contributed by atoms with Crippen LogP contribution in [0.1, 0.15) is 18.7 Å². The number of imidazole rings is 1. The van der Waals surface area contributed by atoms with Crippen LogP contribution >= 0.6 is 0 Å². The molecule has 3 heterocycles. The molecule has 30 heavy (non-hydrogen) atoms. The first-order valence-corrected chi connectivity index (χ1v) is 10.9. The molecule has 1 aromatic heterocycles. The SMILES string of the molecule is CN(C)Cc1nccn1-c1ccc(N2C(=O)[C@@]3(C(N)=O)[CH]CCCN3S2(=O)=O)cc1. The van der Waals surface area contributed by atoms with E-state index in [4.69, 9.17) is 5.73 Å². The maximum absolute atomic E-state index is 13.2. The number of fused-ring (bicyclic) bond motifs is 1. The van der Waals surface area contributed by atoms with Gasteiger partial charge in [-0.15, -0.1) is 0 Å². The molecular weight excluding hydrogens is 408 g/mol. The average molecular weight is 431 g/mol. The summed E-state index contributed by atoms with van der Waals surface area (Å²) in [5.41, 5.74) is 4.47. The first-order valence-electron chi connectivity index (χ1n) is 9.49. The van der Waals surface area contributed by atoms with E-state index in [0.29, 0.717) is 23.7 Å². The van der Waals surface area contributed by atoms with E-state index in [1.165, 1.54) is 18.6 Å². The third kappa shape index (κ3) is 2.92. The zero-order valence-corrected chi connectivity index (χ0v) is 17.5. The Morgan fingerprint density at radius 1 is 1.23 bits per heavy atom. The molecule has 0 bridgehead atoms. The number of hydrogen-bond acceptors (Lipinski definition) is 6. The fourth-order valence-corrected chi connectivity index (χ4v) is 5.87. The van der Waals surface area contributed by atoms with Crippen molar-refractivity contribution < 1.29 is 18.0 Å². The molecule has 0 unspecified atom stereocenters. The van der Waals surface area contributed by atoms with Gasteiger partial charge in [0.05, 0.1) is 12.2 Å². The van der Waals surface area contributed by atoms with Gasteiger partial charge >= 0.3 is 10.2 Å². The van der Waals surface area contributed by atoms with Gasteiger partial charge in [0.25, 0.3) is 5.91 Å². The van der Waals surface area contributed by atoms with Gasteiger partial charge in [0.1, 0.15) is 5.82 Å². The van der Waals surface area contributed by atoms with Gasteiger partial charge in [-0.3, -0.25) is 9.59 Å². The molecule has 2 aliphatic heterocycles. The van der Waals surface area contributed by atoms with E-state index in [9.17, 15) is 18.0 Å². The summed E-state index contributed by atoms with van der Waals surface area (Å²) in [6.45, 7) is 0.685. The topological polar surface area (TPSA) is 122 Å². The third-order valence-corrected chi connectivity index (χ3v) is 7.20. The van der Waals surface area contributed by atoms with E-state index in [0.717, 1.165) is 15.8 Å². The van der Waals surface area contributed by atoms with Crippen LogP contribution in [0.4, 0.5) is 5.69 Å². The van der Waals surface area contributed by atoms with Crippen molar-refractivity contribution in [2.24, 2.45) is 5.73 Å². The number of primary amides is 1. The van der Waals surface area contributed by atoms with Crippen LogP contribution in [0.25, 0.3) is 5.69 Å². The number of nitrogens with zero attached hydrogens (tertiary/aromatic N) is 5. The second-order valence-electron chi connectivity index (χ2n) is 7.59. The molecule has 2 N–H and O–H groups in total. The predicted molar refractivity (Wildman–Crippen MR) is 110 cm³/mol. The Kier molecular flexibility index (Phi) is 4.91. The van der Waals surface area contributed by atoms with E-state index in [1.807, 2.05) is 29.8 Å². The highest BCUT2D eigenvalue weighted by Crippen LogP contribution is 2.41. The molecule has 0 saturated carbocycles. The van der Waals surface area contributed by atoms with Crippen LogP contribution in [0.5, 0.6) is 0 Å². The molecule has 11 heteroatoms. The van der Waals surface area contributed by atoms with Crippen molar-refractivity contribution in [3.63, 3.8) is 0 Å². The lowest BCUT2D eigenvalue weighted by atomic mass is 9.87. The average Bonchev–Trinajstić information content (AvgIpc) is 3.21. The van der Waals surface area contributed by atoms with E-state index in [1.54, 1.807) is 18.3 Å². The van der Waals surface area contributed by atoms with Gasteiger partial charge < -0.3 is 15.2 Å². The van der Waals surface area contributed by atoms with Gasteiger partial charge in [-0.1, -0.05) is 0 Å². The standard InChI is InChI=1S/C19H23N6O4S/c1-22(2)13-16-21-10-12-23(16)14-5-7-15(8-6-14)25-18(27)19(17(20)26)9-3-4-11-24(19)30(25,28)29/h5-10,12H,3-4,11,13H2,1-2H3,(H2,20,26)/t19-/m0/s1. The number of carbonyl (C=O) groups is 2. The van der Waals surface area contributed by atoms with Crippen LogP contribution in [0.15, 0.2) is 36.7 Å². The molecule has 1 atom stereocenters. The molecule has 2 amide bonds. The van der Waals surface area contributed by atoms with Crippen LogP contribution in [-0.2, 0) is 26.3 Å². The maximum Gasteiger partial charge on any atom is 0.312 e. The number of rotatable bonds is 5. The molecule has 0 spiro atoms. The number of amides is 2. The minimum Gasteiger partial charge on any atom is -0.368 e. The van der Waals surface area contributed by atoms with E-state index >= 15 is 0 Å². The van der Waals surface area contributed by atoms with Gasteiger partial charge in [0.15, 0.2) is 5.54 Å². The van der Waals surface area contributed by atoms with Crippen LogP contribution in [0, 0.1) is 6.42 Å². The number of benzene rings is 1. The monoisotopic (exact) mass is 431 g/mol. The van der Waals surface area contributed by atoms with Crippen molar-refractivity contribution >= 4 is 27.7 Å². The highest BCUT2D eigenvalue weighted by Gasteiger charge is 2.66. The fourth-order valence-electron chi connectivity index (χ4n) is 3.97. The van der Waals surface area contributed by atoms with Gasteiger partial charge in [-0.25, -0.2) is 4.98 Å². The van der Waals surface area contributed by atoms with Crippen molar-refractivity contribution in [2.45, 2.75) is 24.9 Å². The number of hydrogen-bond donors (Lipinski definition) is 1. The summed E-state index contributed by atoms with van der Waals surface area (Å²) < 4.78 is 29.7. The van der Waals surface area contributed by atoms with E-state index in [2.05, 4.69) is 4.98 Å². The molecule has 4 rings (SSSR count). The fraction of sp³-hybridized carbons (Fsp3) is 0.368. The molecule has 0 aliphatic carbocycles. The van der Waals surface area contributed by atoms with Gasteiger partial charge in [0, 0.05) is 31.0 Å². The summed E-state index contributed by atoms with van der Waals surface area (Å²) in [4.78, 5) is 31.7.